The van der Waals surface area contributed by atoms with E-state index < -0.39 is 3.23 Å². The average molecular weight is 868 g/mol. The van der Waals surface area contributed by atoms with Crippen molar-refractivity contribution in [2.24, 2.45) is 0 Å². The van der Waals surface area contributed by atoms with Crippen molar-refractivity contribution in [3.05, 3.63) is 61.7 Å². The first-order valence-electron chi connectivity index (χ1n) is 7.51. The zero-order valence-electron chi connectivity index (χ0n) is 13.8. The van der Waals surface area contributed by atoms with E-state index in [2.05, 4.69) is 160 Å². The Kier molecular flexibility index (Phi) is 6.58. The molecule has 2 aromatic carbocycles. The van der Waals surface area contributed by atoms with E-state index in [0.29, 0.717) is 0 Å². The third-order valence-electron chi connectivity index (χ3n) is 5.30. The van der Waals surface area contributed by atoms with Crippen molar-refractivity contribution in [3.63, 3.8) is 0 Å². The monoisotopic (exact) mass is 859 g/mol. The van der Waals surface area contributed by atoms with Gasteiger partial charge in [-0.3, -0.25) is 0 Å². The fourth-order valence-electron chi connectivity index (χ4n) is 3.82. The van der Waals surface area contributed by atoms with E-state index in [-0.39, 0.29) is 10.8 Å². The Hall–Kier alpha value is 2.28. The summed E-state index contributed by atoms with van der Waals surface area (Å²) in [6.45, 7) is 6.78. The molecule has 0 nitrogen and oxygen atoms in total. The first kappa shape index (κ1) is 23.0. The Morgan fingerprint density at radius 3 is 1.69 bits per heavy atom. The van der Waals surface area contributed by atoms with Crippen LogP contribution < -0.4 is 0 Å². The molecule has 8 heteroatoms. The molecule has 2 aromatic rings. The van der Waals surface area contributed by atoms with Gasteiger partial charge in [0.1, 0.15) is 3.23 Å². The van der Waals surface area contributed by atoms with Crippen LogP contribution in [0.4, 0.5) is 0 Å². The Morgan fingerprint density at radius 1 is 0.654 bits per heavy atom. The summed E-state index contributed by atoms with van der Waals surface area (Å²) >= 11 is 30.8. The van der Waals surface area contributed by atoms with Crippen molar-refractivity contribution in [2.45, 2.75) is 34.8 Å². The molecule has 0 spiro atoms. The lowest BCUT2D eigenvalue weighted by Gasteiger charge is -2.43. The van der Waals surface area contributed by atoms with E-state index in [0.717, 1.165) is 26.8 Å². The summed E-state index contributed by atoms with van der Waals surface area (Å²) in [7, 11) is 0. The minimum atomic E-state index is -0.420. The van der Waals surface area contributed by atoms with Crippen LogP contribution in [0.1, 0.15) is 37.5 Å². The molecule has 0 unspecified atom stereocenters. The number of fused-ring (bicyclic) bond motifs is 1. The Balaban J connectivity index is 2.57. The molecule has 0 radical (unpaired) electrons. The summed E-state index contributed by atoms with van der Waals surface area (Å²) in [6, 6.07) is 6.30. The van der Waals surface area contributed by atoms with Crippen molar-refractivity contribution >= 4 is 127 Å². The Bertz CT molecular complexity index is 932. The number of hydrogen-bond donors (Lipinski definition) is 0. The summed E-state index contributed by atoms with van der Waals surface area (Å²) in [6.07, 6.45) is 0. The first-order valence-corrected chi connectivity index (χ1v) is 13.8. The van der Waals surface area contributed by atoms with Gasteiger partial charge in [0.15, 0.2) is 0 Å². The van der Waals surface area contributed by atoms with Gasteiger partial charge < -0.3 is 0 Å². The first-order chi connectivity index (χ1) is 11.8. The van der Waals surface area contributed by atoms with Gasteiger partial charge in [0.05, 0.1) is 0 Å². The second-order valence-electron chi connectivity index (χ2n) is 6.93. The van der Waals surface area contributed by atoms with Gasteiger partial charge in [-0.2, -0.15) is 0 Å². The summed E-state index contributed by atoms with van der Waals surface area (Å²) < 4.78 is 5.77. The lowest BCUT2D eigenvalue weighted by Crippen LogP contribution is -2.46. The van der Waals surface area contributed by atoms with Crippen LogP contribution in [0.5, 0.6) is 0 Å². The predicted molar refractivity (Wildman–Crippen MR) is 139 cm³/mol. The standard InChI is InChI=1S/C18H12Br8/c1-16(2)9-10(13(22)15(24)14(23)12(9)21)17(3,18(16,25)26)7-5-4-6-8(19)11(7)20/h4-6H,1-3H3/t17-/m0/s1. The molecule has 1 aliphatic rings. The highest BCUT2D eigenvalue weighted by molar-refractivity contribution is 9.25. The third kappa shape index (κ3) is 2.89. The second-order valence-corrected chi connectivity index (χ2v) is 15.2. The molecule has 0 aromatic heterocycles. The molecule has 0 bridgehead atoms. The van der Waals surface area contributed by atoms with Crippen LogP contribution in [0.15, 0.2) is 45.0 Å². The van der Waals surface area contributed by atoms with E-state index >= 15 is 0 Å². The molecule has 0 N–H and O–H groups in total. The molecule has 1 atom stereocenters. The zero-order chi connectivity index (χ0) is 19.8. The molecular formula is C18H12Br8. The maximum absolute atomic E-state index is 4.09. The van der Waals surface area contributed by atoms with E-state index in [1.54, 1.807) is 0 Å². The van der Waals surface area contributed by atoms with Crippen LogP contribution in [0, 0.1) is 0 Å². The van der Waals surface area contributed by atoms with E-state index in [1.165, 1.54) is 16.7 Å². The van der Waals surface area contributed by atoms with Gasteiger partial charge in [-0.25, -0.2) is 0 Å². The largest absolute Gasteiger partial charge is 0.103 e. The van der Waals surface area contributed by atoms with E-state index in [1.807, 2.05) is 6.07 Å². The average Bonchev–Trinajstić information content (AvgIpc) is 2.68. The number of halogens is 8. The molecule has 1 aliphatic carbocycles. The molecule has 0 saturated carbocycles. The number of benzene rings is 2. The smallest absolute Gasteiger partial charge is 0.0704 e. The molecule has 3 rings (SSSR count). The van der Waals surface area contributed by atoms with Gasteiger partial charge in [0, 0.05) is 37.7 Å². The van der Waals surface area contributed by atoms with Crippen LogP contribution in [-0.4, -0.2) is 3.23 Å². The van der Waals surface area contributed by atoms with Gasteiger partial charge in [-0.1, -0.05) is 57.8 Å². The van der Waals surface area contributed by atoms with Crippen molar-refractivity contribution in [2.75, 3.05) is 0 Å². The fraction of sp³-hybridized carbons (Fsp3) is 0.333. The van der Waals surface area contributed by atoms with Crippen molar-refractivity contribution < 1.29 is 0 Å². The van der Waals surface area contributed by atoms with Gasteiger partial charge in [0.25, 0.3) is 0 Å². The number of hydrogen-bond acceptors (Lipinski definition) is 0. The maximum Gasteiger partial charge on any atom is 0.103 e. The molecule has 0 amide bonds. The molecule has 0 fully saturated rings. The highest BCUT2D eigenvalue weighted by Gasteiger charge is 2.65. The predicted octanol–water partition coefficient (Wildman–Crippen LogP) is 10.3. The minimum Gasteiger partial charge on any atom is -0.0704 e. The Labute approximate surface area is 221 Å². The molecule has 0 saturated heterocycles. The number of rotatable bonds is 1. The van der Waals surface area contributed by atoms with E-state index in [4.69, 9.17) is 0 Å². The summed E-state index contributed by atoms with van der Waals surface area (Å²) in [4.78, 5) is 0. The minimum absolute atomic E-state index is 0.219. The highest BCUT2D eigenvalue weighted by atomic mass is 79.9. The quantitative estimate of drug-likeness (QED) is 0.152. The molecule has 140 valence electrons. The van der Waals surface area contributed by atoms with Crippen LogP contribution in [0.3, 0.4) is 0 Å². The van der Waals surface area contributed by atoms with Crippen molar-refractivity contribution in [3.8, 4) is 0 Å². The van der Waals surface area contributed by atoms with E-state index in [9.17, 15) is 0 Å². The lowest BCUT2D eigenvalue weighted by molar-refractivity contribution is 0.421. The van der Waals surface area contributed by atoms with Crippen LogP contribution in [0.2, 0.25) is 0 Å². The maximum atomic E-state index is 4.09. The highest BCUT2D eigenvalue weighted by Crippen LogP contribution is 2.70. The van der Waals surface area contributed by atoms with Crippen LogP contribution >= 0.6 is 127 Å². The molecular weight excluding hydrogens is 855 g/mol. The topological polar surface area (TPSA) is 0 Å². The Morgan fingerprint density at radius 2 is 1.15 bits per heavy atom. The lowest BCUT2D eigenvalue weighted by atomic mass is 9.74. The number of alkyl halides is 2. The van der Waals surface area contributed by atoms with Gasteiger partial charge in [0.2, 0.25) is 0 Å². The summed E-state index contributed by atoms with van der Waals surface area (Å²) in [5.41, 5.74) is 3.08. The molecule has 0 heterocycles. The van der Waals surface area contributed by atoms with Gasteiger partial charge in [-0.15, -0.1) is 0 Å². The molecule has 0 aliphatic heterocycles. The second kappa shape index (κ2) is 7.45. The van der Waals surface area contributed by atoms with Gasteiger partial charge >= 0.3 is 0 Å². The summed E-state index contributed by atoms with van der Waals surface area (Å²) in [5.74, 6) is 0. The zero-order valence-corrected chi connectivity index (χ0v) is 26.4. The third-order valence-corrected chi connectivity index (χ3v) is 15.7. The summed E-state index contributed by atoms with van der Waals surface area (Å²) in [5, 5.41) is 0. The molecule has 26 heavy (non-hydrogen) atoms. The SMILES string of the molecule is CC1(C)c2c(Br)c(Br)c(Br)c(Br)c2[C@](C)(c2cccc(Br)c2Br)C1(Br)Br. The van der Waals surface area contributed by atoms with Gasteiger partial charge in [-0.05, 0) is 125 Å². The van der Waals surface area contributed by atoms with Crippen molar-refractivity contribution in [1.82, 2.24) is 0 Å². The van der Waals surface area contributed by atoms with Crippen LogP contribution in [0.25, 0.3) is 0 Å². The fourth-order valence-corrected chi connectivity index (χ4v) is 9.08. The van der Waals surface area contributed by atoms with Crippen LogP contribution in [-0.2, 0) is 10.8 Å². The normalized spacial score (nSPS) is 23.2. The van der Waals surface area contributed by atoms with Crippen molar-refractivity contribution in [1.29, 1.82) is 0 Å².